The molecule has 1 aromatic heterocycles. The van der Waals surface area contributed by atoms with E-state index in [9.17, 15) is 4.79 Å². The number of piperidine rings is 1. The molecule has 0 aliphatic carbocycles. The molecule has 1 atom stereocenters. The molecule has 184 valence electrons. The first-order chi connectivity index (χ1) is 17.6. The van der Waals surface area contributed by atoms with Gasteiger partial charge in [0, 0.05) is 11.5 Å². The molecule has 1 aliphatic rings. The van der Waals surface area contributed by atoms with Crippen LogP contribution < -0.4 is 5.32 Å². The number of carbonyl (C=O) groups excluding carboxylic acids is 1. The molecule has 36 heavy (non-hydrogen) atoms. The highest BCUT2D eigenvalue weighted by molar-refractivity contribution is 5.79. The molecule has 0 saturated carbocycles. The zero-order valence-electron chi connectivity index (χ0n) is 20.9. The second-order valence-corrected chi connectivity index (χ2v) is 9.59. The van der Waals surface area contributed by atoms with Gasteiger partial charge in [-0.3, -0.25) is 9.69 Å². The molecule has 5 rings (SSSR count). The summed E-state index contributed by atoms with van der Waals surface area (Å²) in [6.45, 7) is 6.38. The summed E-state index contributed by atoms with van der Waals surface area (Å²) in [6, 6.07) is 26.3. The molecule has 1 amide bonds. The maximum atomic E-state index is 13.4. The highest BCUT2D eigenvalue weighted by atomic mass is 16.5. The number of carbonyl (C=O) groups is 1. The minimum atomic E-state index is -0.156. The molecule has 1 aliphatic heterocycles. The lowest BCUT2D eigenvalue weighted by Gasteiger charge is -2.31. The summed E-state index contributed by atoms with van der Waals surface area (Å²) < 4.78 is 5.53. The van der Waals surface area contributed by atoms with Gasteiger partial charge in [-0.1, -0.05) is 84.0 Å². The van der Waals surface area contributed by atoms with Crippen LogP contribution in [0.3, 0.4) is 0 Å². The summed E-state index contributed by atoms with van der Waals surface area (Å²) in [5.74, 6) is 1.34. The number of amides is 1. The Labute approximate surface area is 212 Å². The van der Waals surface area contributed by atoms with Crippen LogP contribution >= 0.6 is 0 Å². The Morgan fingerprint density at radius 1 is 0.944 bits per heavy atom. The van der Waals surface area contributed by atoms with Crippen molar-refractivity contribution in [2.45, 2.75) is 39.3 Å². The number of benzene rings is 3. The van der Waals surface area contributed by atoms with E-state index in [0.717, 1.165) is 48.2 Å². The monoisotopic (exact) mass is 480 g/mol. The van der Waals surface area contributed by atoms with Gasteiger partial charge in [0.25, 0.3) is 0 Å². The van der Waals surface area contributed by atoms with Crippen molar-refractivity contribution < 1.29 is 9.32 Å². The highest BCUT2D eigenvalue weighted by Gasteiger charge is 2.28. The lowest BCUT2D eigenvalue weighted by Crippen LogP contribution is -2.41. The van der Waals surface area contributed by atoms with Gasteiger partial charge in [0.1, 0.15) is 0 Å². The number of nitrogens with one attached hydrogen (secondary N) is 1. The van der Waals surface area contributed by atoms with Crippen LogP contribution in [-0.2, 0) is 11.3 Å². The summed E-state index contributed by atoms with van der Waals surface area (Å²) in [4.78, 5) is 20.2. The highest BCUT2D eigenvalue weighted by Crippen LogP contribution is 2.27. The van der Waals surface area contributed by atoms with Crippen LogP contribution in [0.4, 0.5) is 0 Å². The van der Waals surface area contributed by atoms with Gasteiger partial charge in [0.15, 0.2) is 0 Å². The first-order valence-electron chi connectivity index (χ1n) is 12.6. The number of aryl methyl sites for hydroxylation is 2. The van der Waals surface area contributed by atoms with Gasteiger partial charge < -0.3 is 9.84 Å². The molecule has 0 spiro atoms. The lowest BCUT2D eigenvalue weighted by atomic mass is 9.92. The van der Waals surface area contributed by atoms with Crippen LogP contribution in [0.25, 0.3) is 11.4 Å². The second-order valence-electron chi connectivity index (χ2n) is 9.59. The van der Waals surface area contributed by atoms with E-state index in [4.69, 9.17) is 4.52 Å². The van der Waals surface area contributed by atoms with Gasteiger partial charge in [0.05, 0.1) is 12.6 Å². The van der Waals surface area contributed by atoms with E-state index in [1.807, 2.05) is 61.5 Å². The topological polar surface area (TPSA) is 71.3 Å². The SMILES string of the molecule is Cc1ccccc1-c1noc(CN2CCC(C(=O)NC(c3ccccc3)c3ccccc3C)CC2)n1. The predicted octanol–water partition coefficient (Wildman–Crippen LogP) is 5.47. The molecule has 6 heteroatoms. The third kappa shape index (κ3) is 5.39. The van der Waals surface area contributed by atoms with E-state index in [1.54, 1.807) is 0 Å². The fraction of sp³-hybridized carbons (Fsp3) is 0.300. The second kappa shape index (κ2) is 10.9. The Bertz CT molecular complexity index is 1310. The van der Waals surface area contributed by atoms with E-state index in [0.29, 0.717) is 18.3 Å². The number of rotatable bonds is 7. The zero-order valence-corrected chi connectivity index (χ0v) is 20.9. The van der Waals surface area contributed by atoms with Gasteiger partial charge in [-0.25, -0.2) is 0 Å². The third-order valence-electron chi connectivity index (χ3n) is 7.09. The molecule has 1 N–H and O–H groups in total. The van der Waals surface area contributed by atoms with Gasteiger partial charge in [0.2, 0.25) is 17.6 Å². The maximum Gasteiger partial charge on any atom is 0.241 e. The van der Waals surface area contributed by atoms with Crippen LogP contribution in [0.15, 0.2) is 83.4 Å². The minimum absolute atomic E-state index is 0.0123. The first-order valence-corrected chi connectivity index (χ1v) is 12.6. The summed E-state index contributed by atoms with van der Waals surface area (Å²) in [5.41, 5.74) is 5.51. The summed E-state index contributed by atoms with van der Waals surface area (Å²) in [5, 5.41) is 7.53. The first kappa shape index (κ1) is 23.9. The van der Waals surface area contributed by atoms with Crippen molar-refractivity contribution in [1.29, 1.82) is 0 Å². The molecule has 0 bridgehead atoms. The Balaban J connectivity index is 1.20. The molecule has 3 aromatic carbocycles. The van der Waals surface area contributed by atoms with E-state index >= 15 is 0 Å². The predicted molar refractivity (Wildman–Crippen MR) is 140 cm³/mol. The Morgan fingerprint density at radius 2 is 1.61 bits per heavy atom. The Morgan fingerprint density at radius 3 is 2.33 bits per heavy atom. The minimum Gasteiger partial charge on any atom is -0.345 e. The van der Waals surface area contributed by atoms with Gasteiger partial charge in [-0.15, -0.1) is 0 Å². The van der Waals surface area contributed by atoms with E-state index in [1.165, 1.54) is 5.56 Å². The van der Waals surface area contributed by atoms with Crippen LogP contribution in [0.1, 0.15) is 47.0 Å². The van der Waals surface area contributed by atoms with Crippen molar-refractivity contribution in [3.05, 3.63) is 107 Å². The molecule has 1 unspecified atom stereocenters. The maximum absolute atomic E-state index is 13.4. The third-order valence-corrected chi connectivity index (χ3v) is 7.09. The molecule has 6 nitrogen and oxygen atoms in total. The van der Waals surface area contributed by atoms with Crippen molar-refractivity contribution >= 4 is 5.91 Å². The lowest BCUT2D eigenvalue weighted by molar-refractivity contribution is -0.127. The normalized spacial score (nSPS) is 15.5. The molecule has 4 aromatic rings. The largest absolute Gasteiger partial charge is 0.345 e. The van der Waals surface area contributed by atoms with Crippen molar-refractivity contribution in [3.8, 4) is 11.4 Å². The van der Waals surface area contributed by atoms with Crippen molar-refractivity contribution in [1.82, 2.24) is 20.4 Å². The van der Waals surface area contributed by atoms with Gasteiger partial charge >= 0.3 is 0 Å². The number of aromatic nitrogens is 2. The average molecular weight is 481 g/mol. The fourth-order valence-corrected chi connectivity index (χ4v) is 4.95. The van der Waals surface area contributed by atoms with Crippen LogP contribution in [0.2, 0.25) is 0 Å². The van der Waals surface area contributed by atoms with Gasteiger partial charge in [-0.2, -0.15) is 4.98 Å². The van der Waals surface area contributed by atoms with E-state index in [2.05, 4.69) is 51.5 Å². The Hall–Kier alpha value is -3.77. The molecule has 2 heterocycles. The van der Waals surface area contributed by atoms with Gasteiger partial charge in [-0.05, 0) is 62.0 Å². The number of hydrogen-bond donors (Lipinski definition) is 1. The summed E-state index contributed by atoms with van der Waals surface area (Å²) in [7, 11) is 0. The molecule has 0 radical (unpaired) electrons. The number of nitrogens with zero attached hydrogens (tertiary/aromatic N) is 3. The van der Waals surface area contributed by atoms with Crippen LogP contribution in [0.5, 0.6) is 0 Å². The van der Waals surface area contributed by atoms with E-state index < -0.39 is 0 Å². The van der Waals surface area contributed by atoms with Crippen molar-refractivity contribution in [2.75, 3.05) is 13.1 Å². The number of hydrogen-bond acceptors (Lipinski definition) is 5. The summed E-state index contributed by atoms with van der Waals surface area (Å²) >= 11 is 0. The average Bonchev–Trinajstić information content (AvgIpc) is 3.37. The summed E-state index contributed by atoms with van der Waals surface area (Å²) in [6.07, 6.45) is 1.61. The Kier molecular flexibility index (Phi) is 7.23. The smallest absolute Gasteiger partial charge is 0.241 e. The number of likely N-dealkylation sites (tertiary alicyclic amines) is 1. The van der Waals surface area contributed by atoms with Crippen LogP contribution in [0, 0.1) is 19.8 Å². The molecular weight excluding hydrogens is 448 g/mol. The molecular formula is C30H32N4O2. The quantitative estimate of drug-likeness (QED) is 0.380. The van der Waals surface area contributed by atoms with Crippen LogP contribution in [-0.4, -0.2) is 34.0 Å². The molecule has 1 fully saturated rings. The van der Waals surface area contributed by atoms with Crippen molar-refractivity contribution in [2.24, 2.45) is 5.92 Å². The standard InChI is InChI=1S/C30H32N4O2/c1-21-10-6-8-14-25(21)28(23-12-4-3-5-13-23)32-30(35)24-16-18-34(19-17-24)20-27-31-29(33-36-27)26-15-9-7-11-22(26)2/h3-15,24,28H,16-20H2,1-2H3,(H,32,35). The van der Waals surface area contributed by atoms with Crippen molar-refractivity contribution in [3.63, 3.8) is 0 Å². The fourth-order valence-electron chi connectivity index (χ4n) is 4.95. The van der Waals surface area contributed by atoms with E-state index in [-0.39, 0.29) is 17.9 Å². The zero-order chi connectivity index (χ0) is 24.9. The molecule has 1 saturated heterocycles.